The van der Waals surface area contributed by atoms with Crippen molar-refractivity contribution in [2.45, 2.75) is 6.18 Å². The van der Waals surface area contributed by atoms with Crippen molar-refractivity contribution in [1.29, 1.82) is 0 Å². The molecular formula is C27H23F3N4O5. The number of hydrogen-bond acceptors (Lipinski definition) is 6. The van der Waals surface area contributed by atoms with Crippen molar-refractivity contribution in [2.24, 2.45) is 5.10 Å². The van der Waals surface area contributed by atoms with Gasteiger partial charge in [0.1, 0.15) is 18.1 Å². The summed E-state index contributed by atoms with van der Waals surface area (Å²) in [5, 5.41) is 8.33. The third-order valence-corrected chi connectivity index (χ3v) is 4.82. The van der Waals surface area contributed by atoms with Crippen LogP contribution in [-0.2, 0) is 20.6 Å². The monoisotopic (exact) mass is 540 g/mol. The van der Waals surface area contributed by atoms with Crippen molar-refractivity contribution in [3.63, 3.8) is 0 Å². The normalized spacial score (nSPS) is 10.9. The molecule has 202 valence electrons. The number of alkyl halides is 3. The van der Waals surface area contributed by atoms with Crippen LogP contribution in [0.5, 0.6) is 11.5 Å². The van der Waals surface area contributed by atoms with Crippen molar-refractivity contribution < 1.29 is 37.0 Å². The van der Waals surface area contributed by atoms with E-state index in [0.717, 1.165) is 12.1 Å². The molecule has 0 atom stereocenters. The molecular weight excluding hydrogens is 517 g/mol. The van der Waals surface area contributed by atoms with E-state index in [0.29, 0.717) is 23.6 Å². The Labute approximate surface area is 221 Å². The summed E-state index contributed by atoms with van der Waals surface area (Å²) in [6.45, 7) is 3.37. The summed E-state index contributed by atoms with van der Waals surface area (Å²) in [5.41, 5.74) is 1.69. The molecule has 3 aromatic rings. The number of hydrazone groups is 1. The van der Waals surface area contributed by atoms with Crippen LogP contribution in [0.4, 0.5) is 24.5 Å². The molecule has 39 heavy (non-hydrogen) atoms. The number of amides is 3. The molecule has 3 rings (SSSR count). The number of nitrogens with one attached hydrogen (secondary N) is 3. The Morgan fingerprint density at radius 1 is 0.846 bits per heavy atom. The van der Waals surface area contributed by atoms with E-state index < -0.39 is 36.1 Å². The van der Waals surface area contributed by atoms with Crippen LogP contribution in [0.3, 0.4) is 0 Å². The second-order valence-corrected chi connectivity index (χ2v) is 7.73. The van der Waals surface area contributed by atoms with Gasteiger partial charge in [0.2, 0.25) is 0 Å². The summed E-state index contributed by atoms with van der Waals surface area (Å²) < 4.78 is 49.8. The highest BCUT2D eigenvalue weighted by molar-refractivity contribution is 6.39. The third-order valence-electron chi connectivity index (χ3n) is 4.82. The van der Waals surface area contributed by atoms with Crippen LogP contribution >= 0.6 is 0 Å². The van der Waals surface area contributed by atoms with Gasteiger partial charge >= 0.3 is 18.0 Å². The van der Waals surface area contributed by atoms with Gasteiger partial charge in [-0.05, 0) is 66.2 Å². The number of nitrogens with zero attached hydrogens (tertiary/aromatic N) is 1. The van der Waals surface area contributed by atoms with Crippen LogP contribution in [0, 0.1) is 0 Å². The number of rotatable bonds is 10. The third kappa shape index (κ3) is 9.04. The maximum atomic E-state index is 13.0. The minimum atomic E-state index is -4.61. The van der Waals surface area contributed by atoms with E-state index in [4.69, 9.17) is 9.47 Å². The Balaban J connectivity index is 1.44. The lowest BCUT2D eigenvalue weighted by Crippen LogP contribution is -2.32. The topological polar surface area (TPSA) is 118 Å². The number of benzene rings is 3. The first kappa shape index (κ1) is 28.4. The van der Waals surface area contributed by atoms with Crippen molar-refractivity contribution in [3.05, 3.63) is 96.6 Å². The molecule has 0 saturated carbocycles. The zero-order valence-corrected chi connectivity index (χ0v) is 20.3. The number of ether oxygens (including phenoxy) is 2. The zero-order valence-electron chi connectivity index (χ0n) is 20.3. The summed E-state index contributed by atoms with van der Waals surface area (Å²) in [4.78, 5) is 36.0. The fourth-order valence-corrected chi connectivity index (χ4v) is 3.02. The molecule has 0 aliphatic heterocycles. The Hall–Kier alpha value is -5.13. The van der Waals surface area contributed by atoms with Gasteiger partial charge in [-0.3, -0.25) is 14.4 Å². The highest BCUT2D eigenvalue weighted by atomic mass is 19.4. The lowest BCUT2D eigenvalue weighted by atomic mass is 10.1. The number of hydrogen-bond donors (Lipinski definition) is 3. The second-order valence-electron chi connectivity index (χ2n) is 7.73. The molecule has 0 aliphatic rings. The fourth-order valence-electron chi connectivity index (χ4n) is 3.02. The summed E-state index contributed by atoms with van der Waals surface area (Å²) in [6.07, 6.45) is -1.74. The van der Waals surface area contributed by atoms with E-state index in [1.807, 2.05) is 0 Å². The summed E-state index contributed by atoms with van der Waals surface area (Å²) in [7, 11) is 0. The molecule has 0 radical (unpaired) electrons. The zero-order chi connectivity index (χ0) is 28.3. The van der Waals surface area contributed by atoms with Crippen LogP contribution < -0.4 is 25.5 Å². The van der Waals surface area contributed by atoms with Gasteiger partial charge in [-0.25, -0.2) is 5.43 Å². The Bertz CT molecular complexity index is 1340. The summed E-state index contributed by atoms with van der Waals surface area (Å²) in [5.74, 6) is -1.83. The molecule has 0 fully saturated rings. The van der Waals surface area contributed by atoms with Crippen LogP contribution in [0.15, 0.2) is 90.6 Å². The van der Waals surface area contributed by atoms with E-state index in [2.05, 4.69) is 27.7 Å². The maximum Gasteiger partial charge on any atom is 0.418 e. The summed E-state index contributed by atoms with van der Waals surface area (Å²) in [6, 6.07) is 17.1. The first-order chi connectivity index (χ1) is 18.7. The van der Waals surface area contributed by atoms with Gasteiger partial charge in [0.25, 0.3) is 5.91 Å². The first-order valence-corrected chi connectivity index (χ1v) is 11.3. The Morgan fingerprint density at radius 2 is 1.49 bits per heavy atom. The van der Waals surface area contributed by atoms with Crippen LogP contribution in [0.2, 0.25) is 0 Å². The minimum Gasteiger partial charge on any atom is -0.490 e. The van der Waals surface area contributed by atoms with Gasteiger partial charge in [0.05, 0.1) is 17.5 Å². The van der Waals surface area contributed by atoms with Crippen molar-refractivity contribution in [3.8, 4) is 11.5 Å². The molecule has 0 saturated heterocycles. The van der Waals surface area contributed by atoms with Crippen molar-refractivity contribution >= 4 is 35.3 Å². The Morgan fingerprint density at radius 3 is 2.15 bits per heavy atom. The fraction of sp³-hybridized carbons (Fsp3) is 0.111. The highest BCUT2D eigenvalue weighted by Crippen LogP contribution is 2.34. The number of anilines is 2. The van der Waals surface area contributed by atoms with Gasteiger partial charge < -0.3 is 20.1 Å². The van der Waals surface area contributed by atoms with Crippen LogP contribution in [0.25, 0.3) is 0 Å². The minimum absolute atomic E-state index is 0.274. The van der Waals surface area contributed by atoms with Gasteiger partial charge in [-0.1, -0.05) is 24.8 Å². The van der Waals surface area contributed by atoms with Crippen LogP contribution in [0.1, 0.15) is 11.1 Å². The van der Waals surface area contributed by atoms with E-state index in [1.54, 1.807) is 42.5 Å². The molecule has 3 amide bonds. The van der Waals surface area contributed by atoms with Gasteiger partial charge in [-0.15, -0.1) is 0 Å². The maximum absolute atomic E-state index is 13.0. The lowest BCUT2D eigenvalue weighted by molar-refractivity contribution is -0.137. The van der Waals surface area contributed by atoms with E-state index in [-0.39, 0.29) is 11.4 Å². The predicted molar refractivity (Wildman–Crippen MR) is 139 cm³/mol. The molecule has 3 N–H and O–H groups in total. The highest BCUT2D eigenvalue weighted by Gasteiger charge is 2.33. The van der Waals surface area contributed by atoms with Crippen LogP contribution in [-0.4, -0.2) is 37.1 Å². The lowest BCUT2D eigenvalue weighted by Gasteiger charge is -2.13. The quantitative estimate of drug-likeness (QED) is 0.153. The predicted octanol–water partition coefficient (Wildman–Crippen LogP) is 4.38. The number of halogens is 3. The smallest absolute Gasteiger partial charge is 0.418 e. The molecule has 12 heteroatoms. The van der Waals surface area contributed by atoms with Gasteiger partial charge in [-0.2, -0.15) is 18.3 Å². The molecule has 0 aromatic heterocycles. The first-order valence-electron chi connectivity index (χ1n) is 11.3. The SMILES string of the molecule is C=CCOc1ccc(NC(=O)C(=O)N/N=C\c2ccc(OCC(=O)Nc3ccccc3C(F)(F)F)cc2)cc1. The summed E-state index contributed by atoms with van der Waals surface area (Å²) >= 11 is 0. The number of para-hydroxylation sites is 1. The van der Waals surface area contributed by atoms with E-state index >= 15 is 0 Å². The Kier molecular flexibility index (Phi) is 9.79. The number of carbonyl (C=O) groups excluding carboxylic acids is 3. The average molecular weight is 540 g/mol. The molecule has 0 heterocycles. The van der Waals surface area contributed by atoms with E-state index in [9.17, 15) is 27.6 Å². The number of carbonyl (C=O) groups is 3. The van der Waals surface area contributed by atoms with Gasteiger partial charge in [0.15, 0.2) is 6.61 Å². The van der Waals surface area contributed by atoms with E-state index in [1.165, 1.54) is 30.5 Å². The molecule has 0 bridgehead atoms. The molecule has 9 nitrogen and oxygen atoms in total. The molecule has 3 aromatic carbocycles. The molecule has 0 unspecified atom stereocenters. The van der Waals surface area contributed by atoms with Crippen molar-refractivity contribution in [1.82, 2.24) is 5.43 Å². The standard InChI is InChI=1S/C27H23F3N4O5/c1-2-15-38-20-13-9-19(10-14-20)32-25(36)26(37)34-31-16-18-7-11-21(12-8-18)39-17-24(35)33-23-6-4-3-5-22(23)27(28,29)30/h2-14,16H,1,15,17H2,(H,32,36)(H,33,35)(H,34,37)/b31-16-. The largest absolute Gasteiger partial charge is 0.490 e. The molecule has 0 spiro atoms. The van der Waals surface area contributed by atoms with Gasteiger partial charge in [0, 0.05) is 5.69 Å². The average Bonchev–Trinajstić information content (AvgIpc) is 2.92. The molecule has 0 aliphatic carbocycles. The second kappa shape index (κ2) is 13.4. The van der Waals surface area contributed by atoms with Crippen molar-refractivity contribution in [2.75, 3.05) is 23.8 Å².